The van der Waals surface area contributed by atoms with Crippen molar-refractivity contribution in [2.24, 2.45) is 0 Å². The van der Waals surface area contributed by atoms with Crippen molar-refractivity contribution in [3.63, 3.8) is 0 Å². The van der Waals surface area contributed by atoms with Crippen LogP contribution in [0.4, 0.5) is 0 Å². The molecule has 4 rings (SSSR count). The first-order valence-electron chi connectivity index (χ1n) is 9.54. The molecule has 1 N–H and O–H groups in total. The average Bonchev–Trinajstić information content (AvgIpc) is 3.39. The van der Waals surface area contributed by atoms with Gasteiger partial charge in [0.15, 0.2) is 17.6 Å². The zero-order valence-electron chi connectivity index (χ0n) is 16.0. The van der Waals surface area contributed by atoms with Gasteiger partial charge in [-0.1, -0.05) is 12.1 Å². The molecule has 0 aromatic heterocycles. The Morgan fingerprint density at radius 3 is 2.62 bits per heavy atom. The third-order valence-electron chi connectivity index (χ3n) is 5.09. The molecule has 2 aromatic rings. The van der Waals surface area contributed by atoms with Crippen LogP contribution in [-0.4, -0.2) is 37.1 Å². The minimum atomic E-state index is -0.926. The van der Waals surface area contributed by atoms with E-state index in [1.54, 1.807) is 24.3 Å². The molecule has 0 saturated heterocycles. The second kappa shape index (κ2) is 7.95. The van der Waals surface area contributed by atoms with Crippen LogP contribution in [0.1, 0.15) is 45.2 Å². The van der Waals surface area contributed by atoms with E-state index in [0.29, 0.717) is 22.6 Å². The normalized spacial score (nSPS) is 14.8. The number of Topliss-reactive ketones (excluding diaryl/α,β-unsaturated/α-hetero) is 1. The van der Waals surface area contributed by atoms with E-state index in [2.05, 4.69) is 5.32 Å². The second-order valence-corrected chi connectivity index (χ2v) is 7.08. The maximum atomic E-state index is 12.6. The molecular weight excluding hydrogens is 374 g/mol. The molecule has 0 radical (unpaired) electrons. The second-order valence-electron chi connectivity index (χ2n) is 7.08. The maximum Gasteiger partial charge on any atom is 0.326 e. The number of carbonyl (C=O) groups excluding carboxylic acids is 3. The molecule has 0 bridgehead atoms. The number of fused-ring (bicyclic) bond motifs is 2. The van der Waals surface area contributed by atoms with Gasteiger partial charge < -0.3 is 19.5 Å². The van der Waals surface area contributed by atoms with Crippen molar-refractivity contribution < 1.29 is 28.6 Å². The van der Waals surface area contributed by atoms with Crippen molar-refractivity contribution in [3.8, 4) is 11.5 Å². The van der Waals surface area contributed by atoms with Crippen LogP contribution >= 0.6 is 0 Å². The predicted molar refractivity (Wildman–Crippen MR) is 103 cm³/mol. The van der Waals surface area contributed by atoms with Crippen molar-refractivity contribution in [1.29, 1.82) is 0 Å². The lowest BCUT2D eigenvalue weighted by atomic mass is 10.0. The number of amides is 1. The van der Waals surface area contributed by atoms with Crippen LogP contribution in [0.2, 0.25) is 0 Å². The Morgan fingerprint density at radius 1 is 1.00 bits per heavy atom. The number of nitrogens with one attached hydrogen (secondary N) is 1. The van der Waals surface area contributed by atoms with Gasteiger partial charge >= 0.3 is 5.97 Å². The van der Waals surface area contributed by atoms with Crippen LogP contribution in [-0.2, 0) is 22.4 Å². The smallest absolute Gasteiger partial charge is 0.326 e. The molecule has 1 atom stereocenters. The minimum absolute atomic E-state index is 0.114. The summed E-state index contributed by atoms with van der Waals surface area (Å²) < 4.78 is 15.6. The van der Waals surface area contributed by atoms with E-state index in [1.807, 2.05) is 12.1 Å². The predicted octanol–water partition coefficient (Wildman–Crippen LogP) is 2.45. The Balaban J connectivity index is 1.30. The summed E-state index contributed by atoms with van der Waals surface area (Å²) in [7, 11) is 0. The summed E-state index contributed by atoms with van der Waals surface area (Å²) in [5.74, 6) is -0.331. The standard InChI is InChI=1S/C22H21NO6/c1-13(21(25)16-6-5-14-3-2-4-15(14)9-16)29-20(24)11-23-22(26)17-7-8-18-19(10-17)28-12-27-18/h5-10,13H,2-4,11-12H2,1H3,(H,23,26)/t13-/m1/s1. The van der Waals surface area contributed by atoms with E-state index in [0.717, 1.165) is 19.3 Å². The zero-order valence-corrected chi connectivity index (χ0v) is 16.0. The Labute approximate surface area is 168 Å². The van der Waals surface area contributed by atoms with Crippen LogP contribution in [0.15, 0.2) is 36.4 Å². The first-order valence-corrected chi connectivity index (χ1v) is 9.54. The van der Waals surface area contributed by atoms with Crippen molar-refractivity contribution in [1.82, 2.24) is 5.32 Å². The molecule has 7 heteroatoms. The summed E-state index contributed by atoms with van der Waals surface area (Å²) in [4.78, 5) is 36.8. The van der Waals surface area contributed by atoms with Gasteiger partial charge in [0, 0.05) is 11.1 Å². The molecule has 2 aromatic carbocycles. The Hall–Kier alpha value is -3.35. The highest BCUT2D eigenvalue weighted by Gasteiger charge is 2.22. The maximum absolute atomic E-state index is 12.6. The number of rotatable bonds is 6. The highest BCUT2D eigenvalue weighted by Crippen LogP contribution is 2.32. The quantitative estimate of drug-likeness (QED) is 0.597. The molecule has 0 fully saturated rings. The lowest BCUT2D eigenvalue weighted by molar-refractivity contribution is -0.145. The van der Waals surface area contributed by atoms with E-state index < -0.39 is 18.0 Å². The molecule has 0 saturated carbocycles. The molecule has 0 unspecified atom stereocenters. The average molecular weight is 395 g/mol. The summed E-state index contributed by atoms with van der Waals surface area (Å²) in [6, 6.07) is 10.4. The van der Waals surface area contributed by atoms with Gasteiger partial charge in [0.25, 0.3) is 5.91 Å². The number of ketones is 1. The highest BCUT2D eigenvalue weighted by molar-refractivity contribution is 6.01. The van der Waals surface area contributed by atoms with Crippen molar-refractivity contribution in [3.05, 3.63) is 58.7 Å². The van der Waals surface area contributed by atoms with Crippen LogP contribution in [0.25, 0.3) is 0 Å². The first-order chi connectivity index (χ1) is 14.0. The number of hydrogen-bond acceptors (Lipinski definition) is 6. The van der Waals surface area contributed by atoms with Crippen molar-refractivity contribution in [2.75, 3.05) is 13.3 Å². The fourth-order valence-electron chi connectivity index (χ4n) is 3.54. The largest absolute Gasteiger partial charge is 0.454 e. The van der Waals surface area contributed by atoms with Gasteiger partial charge in [-0.2, -0.15) is 0 Å². The minimum Gasteiger partial charge on any atom is -0.454 e. The number of ether oxygens (including phenoxy) is 3. The monoisotopic (exact) mass is 395 g/mol. The zero-order chi connectivity index (χ0) is 20.4. The summed E-state index contributed by atoms with van der Waals surface area (Å²) in [6.45, 7) is 1.31. The van der Waals surface area contributed by atoms with E-state index in [9.17, 15) is 14.4 Å². The van der Waals surface area contributed by atoms with Crippen molar-refractivity contribution >= 4 is 17.7 Å². The molecule has 1 aliphatic carbocycles. The first kappa shape index (κ1) is 19.0. The van der Waals surface area contributed by atoms with Gasteiger partial charge in [-0.25, -0.2) is 0 Å². The number of hydrogen-bond donors (Lipinski definition) is 1. The van der Waals surface area contributed by atoms with E-state index >= 15 is 0 Å². The summed E-state index contributed by atoms with van der Waals surface area (Å²) in [6.07, 6.45) is 2.18. The molecule has 7 nitrogen and oxygen atoms in total. The third kappa shape index (κ3) is 4.08. The van der Waals surface area contributed by atoms with E-state index in [1.165, 1.54) is 18.1 Å². The Bertz CT molecular complexity index is 983. The molecule has 150 valence electrons. The van der Waals surface area contributed by atoms with Crippen molar-refractivity contribution in [2.45, 2.75) is 32.3 Å². The van der Waals surface area contributed by atoms with Gasteiger partial charge in [0.2, 0.25) is 12.6 Å². The molecule has 1 aliphatic heterocycles. The number of esters is 1. The summed E-state index contributed by atoms with van der Waals surface area (Å²) in [5, 5.41) is 2.49. The topological polar surface area (TPSA) is 90.9 Å². The van der Waals surface area contributed by atoms with Crippen LogP contribution in [0.5, 0.6) is 11.5 Å². The van der Waals surface area contributed by atoms with Gasteiger partial charge in [-0.05, 0) is 61.6 Å². The molecule has 1 amide bonds. The third-order valence-corrected chi connectivity index (χ3v) is 5.09. The molecule has 29 heavy (non-hydrogen) atoms. The fourth-order valence-corrected chi connectivity index (χ4v) is 3.54. The summed E-state index contributed by atoms with van der Waals surface area (Å²) >= 11 is 0. The molecule has 0 spiro atoms. The number of carbonyl (C=O) groups is 3. The Morgan fingerprint density at radius 2 is 1.76 bits per heavy atom. The van der Waals surface area contributed by atoms with Crippen LogP contribution in [0.3, 0.4) is 0 Å². The van der Waals surface area contributed by atoms with Gasteiger partial charge in [-0.3, -0.25) is 14.4 Å². The van der Waals surface area contributed by atoms with Gasteiger partial charge in [0.05, 0.1) is 0 Å². The lowest BCUT2D eigenvalue weighted by Crippen LogP contribution is -2.34. The van der Waals surface area contributed by atoms with Crippen LogP contribution in [0, 0.1) is 0 Å². The number of benzene rings is 2. The molecule has 1 heterocycles. The van der Waals surface area contributed by atoms with Gasteiger partial charge in [0.1, 0.15) is 6.54 Å². The number of aryl methyl sites for hydroxylation is 2. The lowest BCUT2D eigenvalue weighted by Gasteiger charge is -2.13. The van der Waals surface area contributed by atoms with Crippen LogP contribution < -0.4 is 14.8 Å². The molecule has 2 aliphatic rings. The van der Waals surface area contributed by atoms with Gasteiger partial charge in [-0.15, -0.1) is 0 Å². The SMILES string of the molecule is C[C@@H](OC(=O)CNC(=O)c1ccc2c(c1)OCO2)C(=O)c1ccc2c(c1)CCC2. The fraction of sp³-hybridized carbons (Fsp3) is 0.318. The van der Waals surface area contributed by atoms with E-state index in [4.69, 9.17) is 14.2 Å². The van der Waals surface area contributed by atoms with E-state index in [-0.39, 0.29) is 19.1 Å². The highest BCUT2D eigenvalue weighted by atomic mass is 16.7. The Kier molecular flexibility index (Phi) is 5.20. The molecular formula is C22H21NO6. The summed E-state index contributed by atoms with van der Waals surface area (Å²) in [5.41, 5.74) is 3.34.